The summed E-state index contributed by atoms with van der Waals surface area (Å²) >= 11 is 0. The quantitative estimate of drug-likeness (QED) is 0.738. The number of carboxylic acid groups (broad SMARTS) is 1. The van der Waals surface area contributed by atoms with Gasteiger partial charge in [-0.15, -0.1) is 0 Å². The maximum absolute atomic E-state index is 10.5. The molecule has 1 atom stereocenters. The molecule has 1 N–H and O–H groups in total. The van der Waals surface area contributed by atoms with Gasteiger partial charge in [0.2, 0.25) is 0 Å². The van der Waals surface area contributed by atoms with Gasteiger partial charge in [0.25, 0.3) is 0 Å². The first-order valence-electron chi connectivity index (χ1n) is 5.78. The van der Waals surface area contributed by atoms with Gasteiger partial charge in [0.1, 0.15) is 0 Å². The zero-order chi connectivity index (χ0) is 11.3. The highest BCUT2D eigenvalue weighted by Crippen LogP contribution is 2.14. The minimum atomic E-state index is -0.704. The molecule has 1 saturated heterocycles. The van der Waals surface area contributed by atoms with Crippen molar-refractivity contribution in [1.82, 2.24) is 9.80 Å². The van der Waals surface area contributed by atoms with E-state index in [4.69, 9.17) is 5.11 Å². The van der Waals surface area contributed by atoms with Crippen LogP contribution in [-0.4, -0.2) is 60.1 Å². The number of aliphatic carboxylic acids is 1. The molecule has 0 saturated carbocycles. The van der Waals surface area contributed by atoms with E-state index >= 15 is 0 Å². The Hall–Kier alpha value is -0.610. The zero-order valence-electron chi connectivity index (χ0n) is 9.78. The second kappa shape index (κ2) is 6.08. The van der Waals surface area contributed by atoms with Gasteiger partial charge in [-0.2, -0.15) is 0 Å². The Kier molecular flexibility index (Phi) is 5.05. The molecule has 0 bridgehead atoms. The molecule has 1 fully saturated rings. The third-order valence-electron chi connectivity index (χ3n) is 3.23. The Morgan fingerprint density at radius 1 is 1.60 bits per heavy atom. The Morgan fingerprint density at radius 3 is 2.93 bits per heavy atom. The lowest BCUT2D eigenvalue weighted by molar-refractivity contribution is -0.137. The number of carbonyl (C=O) groups is 1. The summed E-state index contributed by atoms with van der Waals surface area (Å²) in [5.41, 5.74) is 0. The van der Waals surface area contributed by atoms with E-state index in [1.807, 2.05) is 7.05 Å². The number of hydrogen-bond acceptors (Lipinski definition) is 3. The van der Waals surface area contributed by atoms with Gasteiger partial charge < -0.3 is 14.9 Å². The third-order valence-corrected chi connectivity index (χ3v) is 3.23. The molecule has 1 aliphatic heterocycles. The number of rotatable bonds is 5. The third kappa shape index (κ3) is 4.18. The smallest absolute Gasteiger partial charge is 0.304 e. The van der Waals surface area contributed by atoms with E-state index in [2.05, 4.69) is 16.7 Å². The van der Waals surface area contributed by atoms with Crippen LogP contribution in [0.25, 0.3) is 0 Å². The molecule has 15 heavy (non-hydrogen) atoms. The number of piperidine rings is 1. The lowest BCUT2D eigenvalue weighted by Gasteiger charge is -2.37. The van der Waals surface area contributed by atoms with E-state index in [1.165, 1.54) is 19.4 Å². The van der Waals surface area contributed by atoms with E-state index in [1.54, 1.807) is 0 Å². The molecule has 0 radical (unpaired) electrons. The van der Waals surface area contributed by atoms with Crippen LogP contribution in [0.2, 0.25) is 0 Å². The highest BCUT2D eigenvalue weighted by molar-refractivity contribution is 5.66. The fraction of sp³-hybridized carbons (Fsp3) is 0.909. The molecule has 4 heteroatoms. The van der Waals surface area contributed by atoms with Crippen molar-refractivity contribution in [3.05, 3.63) is 0 Å². The molecule has 4 nitrogen and oxygen atoms in total. The minimum absolute atomic E-state index is 0.249. The number of likely N-dealkylation sites (tertiary alicyclic amines) is 1. The molecule has 1 aliphatic rings. The first-order valence-corrected chi connectivity index (χ1v) is 5.78. The van der Waals surface area contributed by atoms with Crippen LogP contribution in [0.3, 0.4) is 0 Å². The van der Waals surface area contributed by atoms with Gasteiger partial charge in [0.05, 0.1) is 6.42 Å². The summed E-state index contributed by atoms with van der Waals surface area (Å²) in [4.78, 5) is 15.1. The normalized spacial score (nSPS) is 23.3. The van der Waals surface area contributed by atoms with Crippen LogP contribution in [0.15, 0.2) is 0 Å². The molecule has 0 aliphatic carbocycles. The molecule has 0 amide bonds. The second-order valence-electron chi connectivity index (χ2n) is 4.31. The minimum Gasteiger partial charge on any atom is -0.481 e. The van der Waals surface area contributed by atoms with Gasteiger partial charge in [-0.1, -0.05) is 6.92 Å². The van der Waals surface area contributed by atoms with Gasteiger partial charge in [-0.3, -0.25) is 4.79 Å². The van der Waals surface area contributed by atoms with Crippen LogP contribution in [0.5, 0.6) is 0 Å². The van der Waals surface area contributed by atoms with Crippen LogP contribution in [-0.2, 0) is 4.79 Å². The lowest BCUT2D eigenvalue weighted by Crippen LogP contribution is -2.46. The van der Waals surface area contributed by atoms with Crippen molar-refractivity contribution in [1.29, 1.82) is 0 Å². The number of nitrogens with zero attached hydrogens (tertiary/aromatic N) is 2. The van der Waals surface area contributed by atoms with Crippen molar-refractivity contribution < 1.29 is 9.90 Å². The zero-order valence-corrected chi connectivity index (χ0v) is 9.78. The fourth-order valence-electron chi connectivity index (χ4n) is 2.13. The van der Waals surface area contributed by atoms with Crippen molar-refractivity contribution in [2.45, 2.75) is 32.2 Å². The average Bonchev–Trinajstić information content (AvgIpc) is 2.26. The topological polar surface area (TPSA) is 43.8 Å². The summed E-state index contributed by atoms with van der Waals surface area (Å²) in [7, 11) is 2.03. The molecule has 1 rings (SSSR count). The van der Waals surface area contributed by atoms with E-state index in [-0.39, 0.29) is 6.42 Å². The molecule has 1 unspecified atom stereocenters. The van der Waals surface area contributed by atoms with Crippen molar-refractivity contribution in [3.8, 4) is 0 Å². The first-order chi connectivity index (χ1) is 7.13. The molecule has 1 heterocycles. The summed E-state index contributed by atoms with van der Waals surface area (Å²) in [6, 6.07) is 0.540. The van der Waals surface area contributed by atoms with Crippen LogP contribution in [0, 0.1) is 0 Å². The average molecular weight is 214 g/mol. The molecular formula is C11H22N2O2. The fourth-order valence-corrected chi connectivity index (χ4v) is 2.13. The Bertz CT molecular complexity index is 209. The molecule has 0 aromatic heterocycles. The van der Waals surface area contributed by atoms with Gasteiger partial charge in [0.15, 0.2) is 0 Å². The summed E-state index contributed by atoms with van der Waals surface area (Å²) in [6.45, 7) is 6.23. The highest BCUT2D eigenvalue weighted by atomic mass is 16.4. The van der Waals surface area contributed by atoms with Gasteiger partial charge in [-0.25, -0.2) is 0 Å². The summed E-state index contributed by atoms with van der Waals surface area (Å²) in [5, 5.41) is 8.62. The Morgan fingerprint density at radius 2 is 2.33 bits per heavy atom. The van der Waals surface area contributed by atoms with Gasteiger partial charge in [0, 0.05) is 19.1 Å². The first kappa shape index (κ1) is 12.5. The molecule has 0 aromatic rings. The summed E-state index contributed by atoms with van der Waals surface area (Å²) in [5.74, 6) is -0.704. The van der Waals surface area contributed by atoms with Crippen LogP contribution in [0.1, 0.15) is 26.2 Å². The SMILES string of the molecule is CCN1CCCC(N(C)CCC(=O)O)C1. The standard InChI is InChI=1S/C11H22N2O2/c1-3-13-7-4-5-10(9-13)12(2)8-6-11(14)15/h10H,3-9H2,1-2H3,(H,14,15). The lowest BCUT2D eigenvalue weighted by atomic mass is 10.0. The van der Waals surface area contributed by atoms with E-state index < -0.39 is 5.97 Å². The number of hydrogen-bond donors (Lipinski definition) is 1. The van der Waals surface area contributed by atoms with Crippen LogP contribution >= 0.6 is 0 Å². The maximum Gasteiger partial charge on any atom is 0.304 e. The molecular weight excluding hydrogens is 192 g/mol. The summed E-state index contributed by atoms with van der Waals surface area (Å²) < 4.78 is 0. The predicted molar refractivity (Wildman–Crippen MR) is 60.0 cm³/mol. The monoisotopic (exact) mass is 214 g/mol. The number of likely N-dealkylation sites (N-methyl/N-ethyl adjacent to an activating group) is 2. The maximum atomic E-state index is 10.5. The Labute approximate surface area is 91.9 Å². The van der Waals surface area contributed by atoms with Crippen molar-refractivity contribution in [2.24, 2.45) is 0 Å². The van der Waals surface area contributed by atoms with Crippen LogP contribution in [0.4, 0.5) is 0 Å². The van der Waals surface area contributed by atoms with Crippen molar-refractivity contribution in [2.75, 3.05) is 33.2 Å². The second-order valence-corrected chi connectivity index (χ2v) is 4.31. The van der Waals surface area contributed by atoms with E-state index in [0.717, 1.165) is 13.1 Å². The van der Waals surface area contributed by atoms with Gasteiger partial charge >= 0.3 is 5.97 Å². The van der Waals surface area contributed by atoms with E-state index in [0.29, 0.717) is 12.6 Å². The van der Waals surface area contributed by atoms with Crippen molar-refractivity contribution >= 4 is 5.97 Å². The van der Waals surface area contributed by atoms with Gasteiger partial charge in [-0.05, 0) is 33.0 Å². The molecule has 88 valence electrons. The van der Waals surface area contributed by atoms with Crippen LogP contribution < -0.4 is 0 Å². The van der Waals surface area contributed by atoms with E-state index in [9.17, 15) is 4.79 Å². The summed E-state index contributed by atoms with van der Waals surface area (Å²) in [6.07, 6.45) is 2.68. The predicted octanol–water partition coefficient (Wildman–Crippen LogP) is 0.877. The molecule has 0 spiro atoms. The highest BCUT2D eigenvalue weighted by Gasteiger charge is 2.22. The van der Waals surface area contributed by atoms with Crippen molar-refractivity contribution in [3.63, 3.8) is 0 Å². The largest absolute Gasteiger partial charge is 0.481 e. The number of carboxylic acids is 1. The molecule has 0 aromatic carbocycles. The Balaban J connectivity index is 2.31.